The molecule has 0 saturated heterocycles. The molecule has 0 aromatic heterocycles. The van der Waals surface area contributed by atoms with E-state index in [1.165, 1.54) is 6.08 Å². The quantitative estimate of drug-likeness (QED) is 0.392. The van der Waals surface area contributed by atoms with Crippen molar-refractivity contribution in [2.75, 3.05) is 19.8 Å². The lowest BCUT2D eigenvalue weighted by Gasteiger charge is -2.34. The molecule has 140 valence electrons. The molecule has 1 aliphatic rings. The van der Waals surface area contributed by atoms with E-state index >= 15 is 0 Å². The summed E-state index contributed by atoms with van der Waals surface area (Å²) >= 11 is 5.81. The van der Waals surface area contributed by atoms with Crippen molar-refractivity contribution in [2.24, 2.45) is 0 Å². The molecule has 0 bridgehead atoms. The molecule has 4 N–H and O–H groups in total. The summed E-state index contributed by atoms with van der Waals surface area (Å²) in [5.74, 6) is 0.782. The maximum absolute atomic E-state index is 12.8. The third-order valence-electron chi connectivity index (χ3n) is 4.25. The zero-order valence-corrected chi connectivity index (χ0v) is 14.7. The van der Waals surface area contributed by atoms with Crippen LogP contribution in [0.15, 0.2) is 35.9 Å². The molecule has 0 saturated carbocycles. The third-order valence-corrected chi connectivity index (χ3v) is 4.50. The van der Waals surface area contributed by atoms with Crippen molar-refractivity contribution in [2.45, 2.75) is 43.6 Å². The zero-order chi connectivity index (χ0) is 18.2. The summed E-state index contributed by atoms with van der Waals surface area (Å²) in [4.78, 5) is 0. The van der Waals surface area contributed by atoms with Gasteiger partial charge in [0.25, 0.3) is 0 Å². The smallest absolute Gasteiger partial charge is 0.119 e. The maximum Gasteiger partial charge on any atom is 0.119 e. The van der Waals surface area contributed by atoms with E-state index in [-0.39, 0.29) is 5.57 Å². The number of aliphatic hydroxyl groups is 3. The maximum atomic E-state index is 12.8. The summed E-state index contributed by atoms with van der Waals surface area (Å²) in [5, 5.41) is 33.1. The van der Waals surface area contributed by atoms with Crippen LogP contribution in [0.2, 0.25) is 5.02 Å². The molecule has 5 nitrogen and oxygen atoms in total. The van der Waals surface area contributed by atoms with Gasteiger partial charge < -0.3 is 25.4 Å². The highest BCUT2D eigenvalue weighted by Crippen LogP contribution is 2.21. The molecule has 7 heteroatoms. The van der Waals surface area contributed by atoms with E-state index < -0.39 is 31.0 Å². The van der Waals surface area contributed by atoms with Crippen molar-refractivity contribution in [3.05, 3.63) is 40.9 Å². The van der Waals surface area contributed by atoms with Gasteiger partial charge in [-0.25, -0.2) is 4.39 Å². The van der Waals surface area contributed by atoms with E-state index in [0.29, 0.717) is 18.2 Å². The van der Waals surface area contributed by atoms with E-state index in [9.17, 15) is 19.7 Å². The predicted molar refractivity (Wildman–Crippen MR) is 94.7 cm³/mol. The van der Waals surface area contributed by atoms with Gasteiger partial charge in [0.15, 0.2) is 0 Å². The van der Waals surface area contributed by atoms with Crippen LogP contribution in [-0.2, 0) is 0 Å². The second kappa shape index (κ2) is 10.1. The van der Waals surface area contributed by atoms with Gasteiger partial charge in [0, 0.05) is 5.02 Å². The minimum atomic E-state index is -1.37. The van der Waals surface area contributed by atoms with Crippen LogP contribution in [0.4, 0.5) is 4.39 Å². The molecule has 1 aromatic rings. The number of ether oxygens (including phenoxy) is 1. The van der Waals surface area contributed by atoms with Crippen molar-refractivity contribution < 1.29 is 24.4 Å². The van der Waals surface area contributed by atoms with Crippen LogP contribution in [0.1, 0.15) is 19.3 Å². The summed E-state index contributed by atoms with van der Waals surface area (Å²) in [6.07, 6.45) is 0.248. The molecule has 1 aromatic carbocycles. The van der Waals surface area contributed by atoms with E-state index in [0.717, 1.165) is 25.0 Å². The molecule has 0 amide bonds. The molecule has 4 atom stereocenters. The molecule has 25 heavy (non-hydrogen) atoms. The molecule has 0 heterocycles. The second-order valence-electron chi connectivity index (χ2n) is 6.14. The Hall–Kier alpha value is -1.18. The monoisotopic (exact) mass is 373 g/mol. The largest absolute Gasteiger partial charge is 0.494 e. The van der Waals surface area contributed by atoms with Crippen LogP contribution >= 0.6 is 11.6 Å². The molecule has 0 fully saturated rings. The summed E-state index contributed by atoms with van der Waals surface area (Å²) in [7, 11) is 0. The minimum absolute atomic E-state index is 0.103. The van der Waals surface area contributed by atoms with Crippen molar-refractivity contribution in [1.29, 1.82) is 0 Å². The Bertz CT molecular complexity index is 555. The SMILES string of the molecule is O[C@@H]1[C@@H](O)[C@@H](O)C(CF)=C[C@H]1NCCCCCOc1ccc(Cl)cc1. The Kier molecular flexibility index (Phi) is 8.12. The highest BCUT2D eigenvalue weighted by atomic mass is 35.5. The van der Waals surface area contributed by atoms with Crippen LogP contribution in [0, 0.1) is 0 Å². The standard InChI is InChI=1S/C18H25ClFNO4/c19-13-4-6-14(7-5-13)25-9-3-1-2-8-21-15-10-12(11-20)16(22)18(24)17(15)23/h4-7,10,15-18,21-24H,1-3,8-9,11H2/t15-,16+,17+,18+/m1/s1. The van der Waals surface area contributed by atoms with Gasteiger partial charge in [-0.2, -0.15) is 0 Å². The topological polar surface area (TPSA) is 82.0 Å². The van der Waals surface area contributed by atoms with Crippen LogP contribution in [0.3, 0.4) is 0 Å². The van der Waals surface area contributed by atoms with E-state index in [1.807, 2.05) is 12.1 Å². The summed E-state index contributed by atoms with van der Waals surface area (Å²) in [6, 6.07) is 6.64. The first-order valence-corrected chi connectivity index (χ1v) is 8.83. The third kappa shape index (κ3) is 5.94. The fourth-order valence-electron chi connectivity index (χ4n) is 2.74. The number of aliphatic hydroxyl groups excluding tert-OH is 3. The highest BCUT2D eigenvalue weighted by molar-refractivity contribution is 6.30. The Morgan fingerprint density at radius 2 is 1.76 bits per heavy atom. The molecule has 0 unspecified atom stereocenters. The van der Waals surface area contributed by atoms with E-state index in [4.69, 9.17) is 16.3 Å². The second-order valence-corrected chi connectivity index (χ2v) is 6.58. The van der Waals surface area contributed by atoms with Gasteiger partial charge >= 0.3 is 0 Å². The van der Waals surface area contributed by atoms with Crippen molar-refractivity contribution in [3.63, 3.8) is 0 Å². The summed E-state index contributed by atoms with van der Waals surface area (Å²) in [5.41, 5.74) is 0.103. The lowest BCUT2D eigenvalue weighted by Crippen LogP contribution is -2.54. The number of hydrogen-bond acceptors (Lipinski definition) is 5. The van der Waals surface area contributed by atoms with Gasteiger partial charge in [0.1, 0.15) is 30.7 Å². The zero-order valence-electron chi connectivity index (χ0n) is 13.9. The van der Waals surface area contributed by atoms with Crippen molar-refractivity contribution in [3.8, 4) is 5.75 Å². The van der Waals surface area contributed by atoms with Crippen LogP contribution < -0.4 is 10.1 Å². The number of unbranched alkanes of at least 4 members (excludes halogenated alkanes) is 2. The molecule has 0 radical (unpaired) electrons. The molecular weight excluding hydrogens is 349 g/mol. The molecule has 0 spiro atoms. The van der Waals surface area contributed by atoms with Crippen LogP contribution in [0.25, 0.3) is 0 Å². The van der Waals surface area contributed by atoms with Gasteiger partial charge in [-0.3, -0.25) is 0 Å². The number of alkyl halides is 1. The van der Waals surface area contributed by atoms with Gasteiger partial charge in [0.05, 0.1) is 12.6 Å². The Balaban J connectivity index is 1.62. The Morgan fingerprint density at radius 3 is 2.44 bits per heavy atom. The number of halogens is 2. The Morgan fingerprint density at radius 1 is 1.04 bits per heavy atom. The number of benzene rings is 1. The lowest BCUT2D eigenvalue weighted by atomic mass is 9.88. The molecule has 2 rings (SSSR count). The van der Waals surface area contributed by atoms with Gasteiger partial charge in [-0.1, -0.05) is 17.7 Å². The average Bonchev–Trinajstić information content (AvgIpc) is 2.62. The van der Waals surface area contributed by atoms with E-state index in [1.54, 1.807) is 12.1 Å². The first-order chi connectivity index (χ1) is 12.0. The number of rotatable bonds is 9. The fraction of sp³-hybridized carbons (Fsp3) is 0.556. The van der Waals surface area contributed by atoms with Gasteiger partial charge in [-0.05, 0) is 55.6 Å². The number of nitrogens with one attached hydrogen (secondary N) is 1. The molecule has 1 aliphatic carbocycles. The van der Waals surface area contributed by atoms with Crippen LogP contribution in [-0.4, -0.2) is 59.5 Å². The highest BCUT2D eigenvalue weighted by Gasteiger charge is 2.36. The number of hydrogen-bond donors (Lipinski definition) is 4. The summed E-state index contributed by atoms with van der Waals surface area (Å²) in [6.45, 7) is 0.372. The average molecular weight is 374 g/mol. The van der Waals surface area contributed by atoms with Gasteiger partial charge in [-0.15, -0.1) is 0 Å². The summed E-state index contributed by atoms with van der Waals surface area (Å²) < 4.78 is 18.4. The first kappa shape index (κ1) is 20.1. The first-order valence-electron chi connectivity index (χ1n) is 8.45. The normalized spacial score (nSPS) is 26.4. The fourth-order valence-corrected chi connectivity index (χ4v) is 2.87. The lowest BCUT2D eigenvalue weighted by molar-refractivity contribution is -0.0628. The van der Waals surface area contributed by atoms with Crippen molar-refractivity contribution >= 4 is 11.6 Å². The molecular formula is C18H25ClFNO4. The van der Waals surface area contributed by atoms with Crippen molar-refractivity contribution in [1.82, 2.24) is 5.32 Å². The van der Waals surface area contributed by atoms with Crippen LogP contribution in [0.5, 0.6) is 5.75 Å². The minimum Gasteiger partial charge on any atom is -0.494 e. The predicted octanol–water partition coefficient (Wildman–Crippen LogP) is 1.84. The molecule has 0 aliphatic heterocycles. The Labute approximate surface area is 152 Å². The van der Waals surface area contributed by atoms with Gasteiger partial charge in [0.2, 0.25) is 0 Å². The van der Waals surface area contributed by atoms with E-state index in [2.05, 4.69) is 5.32 Å².